The van der Waals surface area contributed by atoms with E-state index in [1.807, 2.05) is 4.90 Å². The normalized spacial score (nSPS) is 24.1. The first-order valence-corrected chi connectivity index (χ1v) is 11.4. The third-order valence-electron chi connectivity index (χ3n) is 6.25. The monoisotopic (exact) mass is 537 g/mol. The van der Waals surface area contributed by atoms with Gasteiger partial charge in [-0.05, 0) is 51.6 Å². The molecule has 3 aliphatic rings. The average Bonchev–Trinajstić information content (AvgIpc) is 3.30. The summed E-state index contributed by atoms with van der Waals surface area (Å²) in [5, 5.41) is 3.45. The fraction of sp³-hybridized carbons (Fsp3) is 0.905. The van der Waals surface area contributed by atoms with Gasteiger partial charge in [0, 0.05) is 59.5 Å². The number of piperidine rings is 1. The van der Waals surface area contributed by atoms with Crippen LogP contribution in [0, 0.1) is 5.92 Å². The SMILES string of the molecule is CCNC(=NCC1CCN(CCOC)CC1)N1CCN(C(=O)C2CCCO2)CC1.I. The van der Waals surface area contributed by atoms with Crippen molar-refractivity contribution in [3.63, 3.8) is 0 Å². The number of piperazine rings is 1. The second-order valence-electron chi connectivity index (χ2n) is 8.29. The molecule has 8 nitrogen and oxygen atoms in total. The van der Waals surface area contributed by atoms with E-state index in [0.717, 1.165) is 90.9 Å². The first-order valence-electron chi connectivity index (χ1n) is 11.4. The molecule has 3 heterocycles. The van der Waals surface area contributed by atoms with Crippen molar-refractivity contribution < 1.29 is 14.3 Å². The molecule has 0 aromatic heterocycles. The largest absolute Gasteiger partial charge is 0.383 e. The molecule has 3 fully saturated rings. The number of guanidine groups is 1. The average molecular weight is 537 g/mol. The van der Waals surface area contributed by atoms with E-state index < -0.39 is 0 Å². The molecular formula is C21H40IN5O3. The van der Waals surface area contributed by atoms with Crippen LogP contribution in [0.4, 0.5) is 0 Å². The molecule has 0 saturated carbocycles. The number of nitrogens with one attached hydrogen (secondary N) is 1. The molecule has 0 bridgehead atoms. The lowest BCUT2D eigenvalue weighted by Gasteiger charge is -2.37. The lowest BCUT2D eigenvalue weighted by atomic mass is 9.97. The van der Waals surface area contributed by atoms with Crippen molar-refractivity contribution in [2.75, 3.05) is 79.2 Å². The van der Waals surface area contributed by atoms with E-state index in [4.69, 9.17) is 14.5 Å². The van der Waals surface area contributed by atoms with Crippen molar-refractivity contribution in [3.05, 3.63) is 0 Å². The fourth-order valence-corrected chi connectivity index (χ4v) is 4.37. The third-order valence-corrected chi connectivity index (χ3v) is 6.25. The van der Waals surface area contributed by atoms with Gasteiger partial charge in [-0.2, -0.15) is 0 Å². The van der Waals surface area contributed by atoms with Gasteiger partial charge in [-0.25, -0.2) is 0 Å². The Balaban J connectivity index is 0.00000320. The highest BCUT2D eigenvalue weighted by Gasteiger charge is 2.31. The Kier molecular flexibility index (Phi) is 11.7. The zero-order chi connectivity index (χ0) is 20.5. The summed E-state index contributed by atoms with van der Waals surface area (Å²) < 4.78 is 10.8. The van der Waals surface area contributed by atoms with Gasteiger partial charge in [0.15, 0.2) is 5.96 Å². The number of carbonyl (C=O) groups is 1. The first-order chi connectivity index (χ1) is 14.2. The maximum absolute atomic E-state index is 12.6. The topological polar surface area (TPSA) is 69.6 Å². The fourth-order valence-electron chi connectivity index (χ4n) is 4.37. The molecule has 0 aromatic rings. The Bertz CT molecular complexity index is 529. The smallest absolute Gasteiger partial charge is 0.251 e. The Hall–Kier alpha value is -0.650. The molecular weight excluding hydrogens is 497 g/mol. The number of rotatable bonds is 7. The highest BCUT2D eigenvalue weighted by atomic mass is 127. The number of methoxy groups -OCH3 is 1. The highest BCUT2D eigenvalue weighted by Crippen LogP contribution is 2.18. The predicted octanol–water partition coefficient (Wildman–Crippen LogP) is 1.25. The molecule has 30 heavy (non-hydrogen) atoms. The Morgan fingerprint density at radius 2 is 1.80 bits per heavy atom. The van der Waals surface area contributed by atoms with Gasteiger partial charge >= 0.3 is 0 Å². The van der Waals surface area contributed by atoms with Gasteiger partial charge in [-0.15, -0.1) is 24.0 Å². The lowest BCUT2D eigenvalue weighted by molar-refractivity contribution is -0.142. The van der Waals surface area contributed by atoms with Crippen LogP contribution < -0.4 is 5.32 Å². The van der Waals surface area contributed by atoms with Gasteiger partial charge in [0.25, 0.3) is 5.91 Å². The first kappa shape index (κ1) is 25.6. The Morgan fingerprint density at radius 1 is 1.10 bits per heavy atom. The van der Waals surface area contributed by atoms with E-state index in [2.05, 4.69) is 22.0 Å². The molecule has 1 N–H and O–H groups in total. The number of hydrogen-bond donors (Lipinski definition) is 1. The molecule has 1 atom stereocenters. The molecule has 174 valence electrons. The van der Waals surface area contributed by atoms with E-state index in [1.54, 1.807) is 7.11 Å². The van der Waals surface area contributed by atoms with E-state index in [1.165, 1.54) is 12.8 Å². The standard InChI is InChI=1S/C21H39N5O3.HI/c1-3-22-21(23-17-18-6-8-24(9-7-18)14-16-28-2)26-12-10-25(11-13-26)20(27)19-5-4-15-29-19;/h18-19H,3-17H2,1-2H3,(H,22,23);1H. The van der Waals surface area contributed by atoms with Crippen molar-refractivity contribution in [2.24, 2.45) is 10.9 Å². The van der Waals surface area contributed by atoms with Crippen LogP contribution in [-0.2, 0) is 14.3 Å². The Labute approximate surface area is 198 Å². The number of amides is 1. The molecule has 3 saturated heterocycles. The summed E-state index contributed by atoms with van der Waals surface area (Å²) in [4.78, 5) is 24.3. The summed E-state index contributed by atoms with van der Waals surface area (Å²) in [5.74, 6) is 1.83. The predicted molar refractivity (Wildman–Crippen MR) is 130 cm³/mol. The van der Waals surface area contributed by atoms with Gasteiger partial charge in [0.2, 0.25) is 0 Å². The van der Waals surface area contributed by atoms with Crippen molar-refractivity contribution in [1.82, 2.24) is 20.0 Å². The number of ether oxygens (including phenoxy) is 2. The van der Waals surface area contributed by atoms with Crippen molar-refractivity contribution >= 4 is 35.8 Å². The van der Waals surface area contributed by atoms with Crippen LogP contribution in [0.2, 0.25) is 0 Å². The second-order valence-corrected chi connectivity index (χ2v) is 8.29. The maximum atomic E-state index is 12.6. The molecule has 3 rings (SSSR count). The molecule has 0 aromatic carbocycles. The van der Waals surface area contributed by atoms with E-state index >= 15 is 0 Å². The summed E-state index contributed by atoms with van der Waals surface area (Å²) in [5.41, 5.74) is 0. The zero-order valence-electron chi connectivity index (χ0n) is 18.7. The third kappa shape index (κ3) is 7.49. The van der Waals surface area contributed by atoms with Crippen molar-refractivity contribution in [3.8, 4) is 0 Å². The number of carbonyl (C=O) groups excluding carboxylic acids is 1. The van der Waals surface area contributed by atoms with Crippen LogP contribution in [0.25, 0.3) is 0 Å². The van der Waals surface area contributed by atoms with Gasteiger partial charge in [-0.3, -0.25) is 9.79 Å². The van der Waals surface area contributed by atoms with Crippen LogP contribution in [0.3, 0.4) is 0 Å². The number of likely N-dealkylation sites (tertiary alicyclic amines) is 1. The van der Waals surface area contributed by atoms with Gasteiger partial charge < -0.3 is 29.5 Å². The Morgan fingerprint density at radius 3 is 2.40 bits per heavy atom. The van der Waals surface area contributed by atoms with Crippen LogP contribution in [0.1, 0.15) is 32.6 Å². The van der Waals surface area contributed by atoms with Crippen molar-refractivity contribution in [2.45, 2.75) is 38.7 Å². The minimum atomic E-state index is -0.210. The second kappa shape index (κ2) is 13.7. The van der Waals surface area contributed by atoms with Crippen LogP contribution >= 0.6 is 24.0 Å². The molecule has 1 unspecified atom stereocenters. The van der Waals surface area contributed by atoms with E-state index in [9.17, 15) is 4.79 Å². The molecule has 0 radical (unpaired) electrons. The molecule has 1 amide bonds. The summed E-state index contributed by atoms with van der Waals surface area (Å²) in [6.07, 6.45) is 4.07. The van der Waals surface area contributed by atoms with Gasteiger partial charge in [0.05, 0.1) is 6.61 Å². The van der Waals surface area contributed by atoms with Crippen LogP contribution in [0.5, 0.6) is 0 Å². The van der Waals surface area contributed by atoms with Gasteiger partial charge in [0.1, 0.15) is 6.10 Å². The summed E-state index contributed by atoms with van der Waals surface area (Å²) in [6.45, 7) is 11.9. The maximum Gasteiger partial charge on any atom is 0.251 e. The van der Waals surface area contributed by atoms with Crippen molar-refractivity contribution in [1.29, 1.82) is 0 Å². The minimum Gasteiger partial charge on any atom is -0.383 e. The number of aliphatic imine (C=N–C) groups is 1. The quantitative estimate of drug-likeness (QED) is 0.300. The minimum absolute atomic E-state index is 0. The lowest BCUT2D eigenvalue weighted by Crippen LogP contribution is -2.55. The van der Waals surface area contributed by atoms with E-state index in [-0.39, 0.29) is 36.0 Å². The number of hydrogen-bond acceptors (Lipinski definition) is 5. The summed E-state index contributed by atoms with van der Waals surface area (Å²) in [7, 11) is 1.77. The van der Waals surface area contributed by atoms with Crippen LogP contribution in [0.15, 0.2) is 4.99 Å². The highest BCUT2D eigenvalue weighted by molar-refractivity contribution is 14.0. The number of halogens is 1. The van der Waals surface area contributed by atoms with Crippen LogP contribution in [-0.4, -0.2) is 112 Å². The molecule has 9 heteroatoms. The summed E-state index contributed by atoms with van der Waals surface area (Å²) >= 11 is 0. The zero-order valence-corrected chi connectivity index (χ0v) is 21.0. The molecule has 0 spiro atoms. The van der Waals surface area contributed by atoms with Gasteiger partial charge in [-0.1, -0.05) is 0 Å². The molecule has 0 aliphatic carbocycles. The molecule has 3 aliphatic heterocycles. The number of nitrogens with zero attached hydrogens (tertiary/aromatic N) is 4. The summed E-state index contributed by atoms with van der Waals surface area (Å²) in [6, 6.07) is 0. The van der Waals surface area contributed by atoms with E-state index in [0.29, 0.717) is 5.92 Å².